The molecular weight excluding hydrogens is 224 g/mol. The van der Waals surface area contributed by atoms with E-state index in [1.165, 1.54) is 12.8 Å². The van der Waals surface area contributed by atoms with Gasteiger partial charge in [-0.25, -0.2) is 0 Å². The Labute approximate surface area is 111 Å². The van der Waals surface area contributed by atoms with Crippen molar-refractivity contribution in [3.63, 3.8) is 0 Å². The molecule has 0 aromatic heterocycles. The van der Waals surface area contributed by atoms with Crippen LogP contribution in [0.3, 0.4) is 0 Å². The summed E-state index contributed by atoms with van der Waals surface area (Å²) in [5.74, 6) is 1.92. The summed E-state index contributed by atoms with van der Waals surface area (Å²) in [5, 5.41) is 3.53. The maximum atomic E-state index is 12.5. The van der Waals surface area contributed by atoms with Crippen molar-refractivity contribution in [2.45, 2.75) is 52.5 Å². The lowest BCUT2D eigenvalue weighted by Gasteiger charge is -2.39. The largest absolute Gasteiger partial charge is 0.342 e. The van der Waals surface area contributed by atoms with Gasteiger partial charge in [-0.3, -0.25) is 4.79 Å². The van der Waals surface area contributed by atoms with E-state index in [4.69, 9.17) is 0 Å². The van der Waals surface area contributed by atoms with Crippen molar-refractivity contribution >= 4 is 5.91 Å². The molecule has 1 saturated carbocycles. The zero-order chi connectivity index (χ0) is 13.1. The number of amides is 1. The smallest absolute Gasteiger partial charge is 0.225 e. The summed E-state index contributed by atoms with van der Waals surface area (Å²) in [6.07, 6.45) is 4.70. The number of carbonyl (C=O) groups is 1. The third kappa shape index (κ3) is 2.87. The van der Waals surface area contributed by atoms with Gasteiger partial charge in [-0.15, -0.1) is 0 Å². The van der Waals surface area contributed by atoms with Gasteiger partial charge in [0.25, 0.3) is 0 Å². The van der Waals surface area contributed by atoms with Crippen LogP contribution < -0.4 is 5.32 Å². The number of rotatable bonds is 3. The first-order valence-electron chi connectivity index (χ1n) is 7.65. The number of piperidine rings is 1. The van der Waals surface area contributed by atoms with Gasteiger partial charge in [0.05, 0.1) is 0 Å². The van der Waals surface area contributed by atoms with Gasteiger partial charge in [-0.2, -0.15) is 0 Å². The van der Waals surface area contributed by atoms with E-state index in [9.17, 15) is 4.79 Å². The molecule has 0 aromatic rings. The quantitative estimate of drug-likeness (QED) is 0.835. The molecule has 0 aromatic carbocycles. The molecule has 3 nitrogen and oxygen atoms in total. The number of nitrogens with one attached hydrogen (secondary N) is 1. The maximum absolute atomic E-state index is 12.5. The molecule has 1 aliphatic carbocycles. The normalized spacial score (nSPS) is 36.9. The lowest BCUT2D eigenvalue weighted by atomic mass is 9.91. The van der Waals surface area contributed by atoms with Crippen molar-refractivity contribution in [3.8, 4) is 0 Å². The molecule has 18 heavy (non-hydrogen) atoms. The van der Waals surface area contributed by atoms with Gasteiger partial charge in [-0.05, 0) is 37.6 Å². The average Bonchev–Trinajstić information content (AvgIpc) is 2.77. The Morgan fingerprint density at radius 3 is 2.56 bits per heavy atom. The van der Waals surface area contributed by atoms with Crippen LogP contribution in [0.4, 0.5) is 0 Å². The molecule has 0 radical (unpaired) electrons. The fourth-order valence-electron chi connectivity index (χ4n) is 3.66. The van der Waals surface area contributed by atoms with E-state index in [2.05, 4.69) is 31.0 Å². The lowest BCUT2D eigenvalue weighted by molar-refractivity contribution is -0.138. The second kappa shape index (κ2) is 6.05. The van der Waals surface area contributed by atoms with Crippen LogP contribution in [0.5, 0.6) is 0 Å². The fourth-order valence-corrected chi connectivity index (χ4v) is 3.66. The summed E-state index contributed by atoms with van der Waals surface area (Å²) in [5.41, 5.74) is 0. The predicted molar refractivity (Wildman–Crippen MR) is 74.3 cm³/mol. The van der Waals surface area contributed by atoms with Crippen LogP contribution >= 0.6 is 0 Å². The number of likely N-dealkylation sites (tertiary alicyclic amines) is 1. The van der Waals surface area contributed by atoms with Crippen molar-refractivity contribution in [2.75, 3.05) is 19.6 Å². The van der Waals surface area contributed by atoms with Gasteiger partial charge in [0.2, 0.25) is 5.91 Å². The Bertz CT molecular complexity index is 292. The van der Waals surface area contributed by atoms with E-state index < -0.39 is 0 Å². The summed E-state index contributed by atoms with van der Waals surface area (Å²) in [6, 6.07) is 0.597. The van der Waals surface area contributed by atoms with Gasteiger partial charge < -0.3 is 10.2 Å². The van der Waals surface area contributed by atoms with Crippen LogP contribution in [0.25, 0.3) is 0 Å². The predicted octanol–water partition coefficient (Wildman–Crippen LogP) is 2.27. The molecule has 4 unspecified atom stereocenters. The maximum Gasteiger partial charge on any atom is 0.225 e. The van der Waals surface area contributed by atoms with E-state index in [-0.39, 0.29) is 0 Å². The van der Waals surface area contributed by atoms with E-state index in [0.717, 1.165) is 32.5 Å². The summed E-state index contributed by atoms with van der Waals surface area (Å²) in [4.78, 5) is 14.7. The monoisotopic (exact) mass is 252 g/mol. The molecule has 4 atom stereocenters. The summed E-state index contributed by atoms with van der Waals surface area (Å²) in [6.45, 7) is 9.59. The van der Waals surface area contributed by atoms with Crippen LogP contribution in [-0.4, -0.2) is 36.5 Å². The zero-order valence-corrected chi connectivity index (χ0v) is 12.1. The first kappa shape index (κ1) is 13.9. The fraction of sp³-hybridized carbons (Fsp3) is 0.933. The van der Waals surface area contributed by atoms with Crippen LogP contribution in [0.15, 0.2) is 0 Å². The van der Waals surface area contributed by atoms with E-state index in [0.29, 0.717) is 29.7 Å². The van der Waals surface area contributed by atoms with Crippen molar-refractivity contribution in [3.05, 3.63) is 0 Å². The number of hydrogen-bond acceptors (Lipinski definition) is 2. The van der Waals surface area contributed by atoms with Crippen LogP contribution in [-0.2, 0) is 4.79 Å². The third-order valence-electron chi connectivity index (χ3n) is 4.86. The molecule has 3 heteroatoms. The summed E-state index contributed by atoms with van der Waals surface area (Å²) < 4.78 is 0. The van der Waals surface area contributed by atoms with Crippen molar-refractivity contribution in [2.24, 2.45) is 17.8 Å². The topological polar surface area (TPSA) is 32.3 Å². The number of carbonyl (C=O) groups excluding carboxylic acids is 1. The van der Waals surface area contributed by atoms with Gasteiger partial charge in [0.15, 0.2) is 0 Å². The standard InChI is InChI=1S/C15H28N2O/c1-4-16-14-8-9-17(10-12(14)3)15(18)13-7-5-6-11(13)2/h11-14,16H,4-10H2,1-3H3. The molecule has 2 rings (SSSR count). The minimum absolute atomic E-state index is 0.313. The number of hydrogen-bond donors (Lipinski definition) is 1. The lowest BCUT2D eigenvalue weighted by Crippen LogP contribution is -2.51. The first-order chi connectivity index (χ1) is 8.63. The Morgan fingerprint density at radius 1 is 1.22 bits per heavy atom. The van der Waals surface area contributed by atoms with Gasteiger partial charge in [0.1, 0.15) is 0 Å². The minimum Gasteiger partial charge on any atom is -0.342 e. The highest BCUT2D eigenvalue weighted by Gasteiger charge is 2.35. The molecule has 1 N–H and O–H groups in total. The van der Waals surface area contributed by atoms with Gasteiger partial charge >= 0.3 is 0 Å². The van der Waals surface area contributed by atoms with Crippen molar-refractivity contribution < 1.29 is 4.79 Å². The summed E-state index contributed by atoms with van der Waals surface area (Å²) in [7, 11) is 0. The van der Waals surface area contributed by atoms with Crippen LogP contribution in [0, 0.1) is 17.8 Å². The molecule has 1 heterocycles. The Morgan fingerprint density at radius 2 is 2.00 bits per heavy atom. The Balaban J connectivity index is 1.89. The van der Waals surface area contributed by atoms with Crippen LogP contribution in [0.1, 0.15) is 46.5 Å². The summed E-state index contributed by atoms with van der Waals surface area (Å²) >= 11 is 0. The zero-order valence-electron chi connectivity index (χ0n) is 12.1. The van der Waals surface area contributed by atoms with Crippen molar-refractivity contribution in [1.29, 1.82) is 0 Å². The molecular formula is C15H28N2O. The highest BCUT2D eigenvalue weighted by atomic mass is 16.2. The van der Waals surface area contributed by atoms with Gasteiger partial charge in [-0.1, -0.05) is 27.2 Å². The molecule has 2 aliphatic rings. The highest BCUT2D eigenvalue weighted by Crippen LogP contribution is 2.33. The second-order valence-corrected chi connectivity index (χ2v) is 6.23. The van der Waals surface area contributed by atoms with Crippen LogP contribution in [0.2, 0.25) is 0 Å². The first-order valence-corrected chi connectivity index (χ1v) is 7.65. The molecule has 104 valence electrons. The van der Waals surface area contributed by atoms with E-state index in [1.807, 2.05) is 0 Å². The molecule has 1 amide bonds. The third-order valence-corrected chi connectivity index (χ3v) is 4.86. The number of nitrogens with zero attached hydrogens (tertiary/aromatic N) is 1. The minimum atomic E-state index is 0.313. The van der Waals surface area contributed by atoms with Gasteiger partial charge in [0, 0.05) is 25.0 Å². The second-order valence-electron chi connectivity index (χ2n) is 6.23. The highest BCUT2D eigenvalue weighted by molar-refractivity contribution is 5.79. The van der Waals surface area contributed by atoms with Crippen molar-refractivity contribution in [1.82, 2.24) is 10.2 Å². The Kier molecular flexibility index (Phi) is 4.66. The molecule has 0 spiro atoms. The van der Waals surface area contributed by atoms with E-state index in [1.54, 1.807) is 0 Å². The molecule has 1 saturated heterocycles. The average molecular weight is 252 g/mol. The SMILES string of the molecule is CCNC1CCN(C(=O)C2CCCC2C)CC1C. The molecule has 1 aliphatic heterocycles. The molecule has 0 bridgehead atoms. The Hall–Kier alpha value is -0.570. The van der Waals surface area contributed by atoms with E-state index >= 15 is 0 Å². The molecule has 2 fully saturated rings.